The summed E-state index contributed by atoms with van der Waals surface area (Å²) >= 11 is -0.724. The van der Waals surface area contributed by atoms with E-state index in [1.165, 1.54) is 0 Å². The van der Waals surface area contributed by atoms with Gasteiger partial charge in [-0.2, -0.15) is 0 Å². The molecule has 3 heterocycles. The molecule has 2 aromatic heterocycles. The number of carbonyl (C=O) groups is 2. The summed E-state index contributed by atoms with van der Waals surface area (Å²) < 4.78 is 2.07. The molecule has 0 aliphatic carbocycles. The first-order valence-electron chi connectivity index (χ1n) is 11.8. The van der Waals surface area contributed by atoms with Gasteiger partial charge in [0.1, 0.15) is 5.69 Å². The minimum absolute atomic E-state index is 0.0397. The van der Waals surface area contributed by atoms with E-state index in [4.69, 9.17) is 4.98 Å². The molecule has 0 unspecified atom stereocenters. The van der Waals surface area contributed by atoms with Gasteiger partial charge in [0.05, 0.1) is 5.69 Å². The van der Waals surface area contributed by atoms with Crippen molar-refractivity contribution in [3.8, 4) is 11.3 Å². The molecule has 4 rings (SSSR count). The average Bonchev–Trinajstić information content (AvgIpc) is 3.09. The third-order valence-electron chi connectivity index (χ3n) is 6.39. The van der Waals surface area contributed by atoms with Gasteiger partial charge in [-0.15, -0.1) is 0 Å². The van der Waals surface area contributed by atoms with Crippen LogP contribution in [-0.2, 0) is 17.8 Å². The Balaban J connectivity index is 1.46. The molecule has 0 saturated carbocycles. The number of hydrogen-bond donors (Lipinski definition) is 2. The molecule has 0 fully saturated rings. The van der Waals surface area contributed by atoms with E-state index in [0.29, 0.717) is 24.6 Å². The number of aromatic nitrogens is 3. The van der Waals surface area contributed by atoms with Crippen molar-refractivity contribution in [3.05, 3.63) is 59.0 Å². The van der Waals surface area contributed by atoms with Crippen LogP contribution in [0.15, 0.2) is 36.5 Å². The van der Waals surface area contributed by atoms with Gasteiger partial charge in [0.25, 0.3) is 5.91 Å². The van der Waals surface area contributed by atoms with Crippen molar-refractivity contribution in [2.24, 2.45) is 0 Å². The van der Waals surface area contributed by atoms with Gasteiger partial charge in [0.2, 0.25) is 0 Å². The van der Waals surface area contributed by atoms with Gasteiger partial charge in [-0.05, 0) is 25.5 Å². The van der Waals surface area contributed by atoms with Gasteiger partial charge in [0.15, 0.2) is 0 Å². The Morgan fingerprint density at radius 3 is 2.63 bits per heavy atom. The van der Waals surface area contributed by atoms with Crippen molar-refractivity contribution in [3.63, 3.8) is 0 Å². The number of hydrogen-bond acceptors (Lipinski definition) is 5. The summed E-state index contributed by atoms with van der Waals surface area (Å²) in [7, 11) is 1.89. The van der Waals surface area contributed by atoms with E-state index in [2.05, 4.69) is 31.6 Å². The van der Waals surface area contributed by atoms with E-state index in [-0.39, 0.29) is 11.8 Å². The molecule has 2 amide bonds. The summed E-state index contributed by atoms with van der Waals surface area (Å²) in [4.78, 5) is 35.9. The second-order valence-corrected chi connectivity index (χ2v) is 14.7. The minimum atomic E-state index is -0.724. The van der Waals surface area contributed by atoms with E-state index < -0.39 is 14.7 Å². The fourth-order valence-electron chi connectivity index (χ4n) is 4.39. The molecule has 3 aromatic rings. The third-order valence-corrected chi connectivity index (χ3v) is 8.68. The van der Waals surface area contributed by atoms with Crippen LogP contribution in [0.4, 0.5) is 11.6 Å². The molecule has 0 bridgehead atoms. The number of fused-ring (bicyclic) bond motifs is 1. The van der Waals surface area contributed by atoms with Gasteiger partial charge in [0, 0.05) is 30.5 Å². The van der Waals surface area contributed by atoms with Crippen LogP contribution < -0.4 is 10.6 Å². The van der Waals surface area contributed by atoms with Crippen LogP contribution in [0.25, 0.3) is 11.3 Å². The number of amides is 2. The van der Waals surface area contributed by atoms with Crippen LogP contribution in [0.5, 0.6) is 0 Å². The fraction of sp³-hybridized carbons (Fsp3) is 0.385. The van der Waals surface area contributed by atoms with Gasteiger partial charge in [-0.25, -0.2) is 0 Å². The van der Waals surface area contributed by atoms with E-state index in [0.717, 1.165) is 52.1 Å². The summed E-state index contributed by atoms with van der Waals surface area (Å²) in [5, 5.41) is 7.33. The third kappa shape index (κ3) is 5.59. The van der Waals surface area contributed by atoms with Gasteiger partial charge in [-0.3, -0.25) is 4.79 Å². The summed E-state index contributed by atoms with van der Waals surface area (Å²) in [5.74, 6) is 0.589. The summed E-state index contributed by atoms with van der Waals surface area (Å²) in [6.07, 6.45) is 2.12. The van der Waals surface area contributed by atoms with Gasteiger partial charge >= 0.3 is 124 Å². The zero-order valence-electron chi connectivity index (χ0n) is 21.1. The molecule has 184 valence electrons. The molecule has 0 spiro atoms. The standard InChI is InChI=1S/C26H33AsN6O2/c1-17-23(18(2)33-15-13-28-25(35)24(17)33)21-10-12-29-26(31-21)30-20-8-6-19(7-9-20)16-22(34)32(5)14-11-27(3)4/h6-10,12H,11,13-16H2,1-5H3,(H,28,35)(H,29,30,31). The Hall–Kier alpha value is -3.12. The van der Waals surface area contributed by atoms with Crippen molar-refractivity contribution < 1.29 is 9.59 Å². The summed E-state index contributed by atoms with van der Waals surface area (Å²) in [5.41, 5.74) is 10.9. The van der Waals surface area contributed by atoms with E-state index in [1.54, 1.807) is 6.20 Å². The van der Waals surface area contributed by atoms with Crippen LogP contribution in [0, 0.1) is 13.8 Å². The van der Waals surface area contributed by atoms with Crippen molar-refractivity contribution in [1.29, 1.82) is 0 Å². The Bertz CT molecular complexity index is 1240. The second-order valence-electron chi connectivity index (χ2n) is 9.22. The van der Waals surface area contributed by atoms with E-state index >= 15 is 0 Å². The number of nitrogens with zero attached hydrogens (tertiary/aromatic N) is 4. The maximum atomic E-state index is 12.5. The Morgan fingerprint density at radius 2 is 1.94 bits per heavy atom. The van der Waals surface area contributed by atoms with E-state index in [9.17, 15) is 9.59 Å². The molecule has 0 atom stereocenters. The van der Waals surface area contributed by atoms with Crippen LogP contribution in [0.3, 0.4) is 0 Å². The summed E-state index contributed by atoms with van der Waals surface area (Å²) in [6, 6.07) is 9.68. The first kappa shape index (κ1) is 25.0. The predicted octanol–water partition coefficient (Wildman–Crippen LogP) is 3.80. The van der Waals surface area contributed by atoms with Crippen LogP contribution >= 0.6 is 0 Å². The predicted molar refractivity (Wildman–Crippen MR) is 141 cm³/mol. The number of likely N-dealkylation sites (N-methyl/N-ethyl adjacent to an activating group) is 1. The first-order valence-corrected chi connectivity index (χ1v) is 16.9. The fourth-order valence-corrected chi connectivity index (χ4v) is 5.86. The maximum absolute atomic E-state index is 12.5. The molecular weight excluding hydrogens is 503 g/mol. The Labute approximate surface area is 211 Å². The van der Waals surface area contributed by atoms with Crippen LogP contribution in [-0.4, -0.2) is 66.0 Å². The molecule has 1 aromatic carbocycles. The molecule has 35 heavy (non-hydrogen) atoms. The van der Waals surface area contributed by atoms with Crippen molar-refractivity contribution in [2.75, 3.05) is 25.5 Å². The molecule has 0 saturated heterocycles. The minimum Gasteiger partial charge on any atom is -0.349 e. The van der Waals surface area contributed by atoms with Gasteiger partial charge < -0.3 is 9.88 Å². The molecule has 1 aliphatic heterocycles. The molecule has 2 N–H and O–H groups in total. The zero-order chi connectivity index (χ0) is 25.1. The Morgan fingerprint density at radius 1 is 1.20 bits per heavy atom. The normalized spacial score (nSPS) is 12.9. The van der Waals surface area contributed by atoms with Crippen LogP contribution in [0.1, 0.15) is 27.3 Å². The number of carbonyl (C=O) groups excluding carboxylic acids is 2. The molecular formula is C26H33AsN6O2. The smallest absolute Gasteiger partial charge is 0.349 e. The Kier molecular flexibility index (Phi) is 7.60. The van der Waals surface area contributed by atoms with Gasteiger partial charge in [-0.1, -0.05) is 0 Å². The van der Waals surface area contributed by atoms with Crippen LogP contribution in [0.2, 0.25) is 16.6 Å². The van der Waals surface area contributed by atoms with E-state index in [1.807, 2.05) is 56.1 Å². The quantitative estimate of drug-likeness (QED) is 0.428. The number of nitrogens with one attached hydrogen (secondary N) is 2. The number of anilines is 2. The van der Waals surface area contributed by atoms with Crippen molar-refractivity contribution in [2.45, 2.75) is 43.4 Å². The number of rotatable bonds is 8. The monoisotopic (exact) mass is 536 g/mol. The molecule has 9 heteroatoms. The topological polar surface area (TPSA) is 92.2 Å². The molecule has 1 aliphatic rings. The second kappa shape index (κ2) is 10.6. The first-order chi connectivity index (χ1) is 16.7. The zero-order valence-corrected chi connectivity index (χ0v) is 22.9. The number of benzene rings is 1. The average molecular weight is 537 g/mol. The van der Waals surface area contributed by atoms with Crippen molar-refractivity contribution >= 4 is 38.1 Å². The molecule has 8 nitrogen and oxygen atoms in total. The SMILES string of the molecule is Cc1c(-c2ccnc(Nc3ccc(CC(=O)N(C)CC[As](C)C)cc3)n2)c(C)n2c1C(=O)NCC2. The van der Waals surface area contributed by atoms with Crippen molar-refractivity contribution in [1.82, 2.24) is 24.8 Å². The summed E-state index contributed by atoms with van der Waals surface area (Å²) in [6.45, 7) is 6.23. The molecule has 0 radical (unpaired) electrons.